The number of hydrogen-bond donors (Lipinski definition) is 1. The lowest BCUT2D eigenvalue weighted by molar-refractivity contribution is -0.178. The van der Waals surface area contributed by atoms with Crippen molar-refractivity contribution < 1.29 is 10.0 Å². The Morgan fingerprint density at radius 2 is 1.73 bits per heavy atom. The topological polar surface area (TPSA) is 40.5 Å². The zero-order valence-electron chi connectivity index (χ0n) is 9.34. The summed E-state index contributed by atoms with van der Waals surface area (Å²) in [7, 11) is 0. The lowest BCUT2D eigenvalue weighted by Crippen LogP contribution is -2.33. The molecule has 1 atom stereocenters. The van der Waals surface area contributed by atoms with Crippen LogP contribution in [0.25, 0.3) is 0 Å². The van der Waals surface area contributed by atoms with Gasteiger partial charge in [0, 0.05) is 5.92 Å². The second kappa shape index (κ2) is 4.94. The second-order valence-electron chi connectivity index (χ2n) is 3.92. The molecular weight excluding hydrogens is 190 g/mol. The summed E-state index contributed by atoms with van der Waals surface area (Å²) in [6.45, 7) is 5.34. The molecule has 0 bridgehead atoms. The maximum atomic E-state index is 11.5. The SMILES string of the molecule is CC(C)C(=O)N(O)C(C)c1ccccc1. The smallest absolute Gasteiger partial charge is 0.249 e. The molecule has 0 aliphatic carbocycles. The van der Waals surface area contributed by atoms with E-state index in [4.69, 9.17) is 0 Å². The summed E-state index contributed by atoms with van der Waals surface area (Å²) in [5, 5.41) is 10.5. The molecule has 15 heavy (non-hydrogen) atoms. The number of benzene rings is 1. The van der Waals surface area contributed by atoms with Crippen molar-refractivity contribution in [3.05, 3.63) is 35.9 Å². The first kappa shape index (κ1) is 11.7. The number of carbonyl (C=O) groups is 1. The fourth-order valence-corrected chi connectivity index (χ4v) is 1.33. The fraction of sp³-hybridized carbons (Fsp3) is 0.417. The van der Waals surface area contributed by atoms with Crippen LogP contribution in [0, 0.1) is 5.92 Å². The van der Waals surface area contributed by atoms with Gasteiger partial charge in [-0.05, 0) is 12.5 Å². The first-order valence-corrected chi connectivity index (χ1v) is 5.11. The number of rotatable bonds is 3. The average molecular weight is 207 g/mol. The minimum atomic E-state index is -0.305. The Bertz CT molecular complexity index is 322. The average Bonchev–Trinajstić information content (AvgIpc) is 2.27. The molecule has 0 heterocycles. The molecule has 82 valence electrons. The molecule has 0 spiro atoms. The second-order valence-corrected chi connectivity index (χ2v) is 3.92. The van der Waals surface area contributed by atoms with E-state index in [2.05, 4.69) is 0 Å². The highest BCUT2D eigenvalue weighted by Crippen LogP contribution is 2.19. The normalized spacial score (nSPS) is 12.6. The Morgan fingerprint density at radius 1 is 1.20 bits per heavy atom. The lowest BCUT2D eigenvalue weighted by atomic mass is 10.1. The first-order valence-electron chi connectivity index (χ1n) is 5.11. The van der Waals surface area contributed by atoms with Gasteiger partial charge >= 0.3 is 0 Å². The van der Waals surface area contributed by atoms with Crippen LogP contribution in [0.2, 0.25) is 0 Å². The molecule has 0 aliphatic rings. The highest BCUT2D eigenvalue weighted by Gasteiger charge is 2.21. The molecule has 0 aromatic heterocycles. The molecule has 1 aromatic rings. The van der Waals surface area contributed by atoms with E-state index in [0.717, 1.165) is 10.6 Å². The van der Waals surface area contributed by atoms with Crippen LogP contribution in [0.5, 0.6) is 0 Å². The summed E-state index contributed by atoms with van der Waals surface area (Å²) in [6, 6.07) is 9.16. The van der Waals surface area contributed by atoms with E-state index in [-0.39, 0.29) is 17.9 Å². The van der Waals surface area contributed by atoms with Gasteiger partial charge in [-0.1, -0.05) is 44.2 Å². The van der Waals surface area contributed by atoms with E-state index >= 15 is 0 Å². The summed E-state index contributed by atoms with van der Waals surface area (Å²) in [5.41, 5.74) is 0.925. The Balaban J connectivity index is 2.77. The maximum Gasteiger partial charge on any atom is 0.249 e. The molecule has 3 nitrogen and oxygen atoms in total. The van der Waals surface area contributed by atoms with Crippen molar-refractivity contribution in [1.29, 1.82) is 0 Å². The zero-order chi connectivity index (χ0) is 11.4. The molecule has 3 heteroatoms. The van der Waals surface area contributed by atoms with Crippen molar-refractivity contribution in [3.8, 4) is 0 Å². The van der Waals surface area contributed by atoms with Crippen molar-refractivity contribution in [3.63, 3.8) is 0 Å². The lowest BCUT2D eigenvalue weighted by Gasteiger charge is -2.24. The largest absolute Gasteiger partial charge is 0.285 e. The van der Waals surface area contributed by atoms with Crippen molar-refractivity contribution in [2.75, 3.05) is 0 Å². The Labute approximate surface area is 90.3 Å². The van der Waals surface area contributed by atoms with Crippen molar-refractivity contribution in [2.45, 2.75) is 26.8 Å². The van der Waals surface area contributed by atoms with Crippen molar-refractivity contribution in [2.24, 2.45) is 5.92 Å². The predicted molar refractivity (Wildman–Crippen MR) is 58.3 cm³/mol. The van der Waals surface area contributed by atoms with Gasteiger partial charge in [0.05, 0.1) is 6.04 Å². The maximum absolute atomic E-state index is 11.5. The van der Waals surface area contributed by atoms with Crippen LogP contribution in [-0.2, 0) is 4.79 Å². The monoisotopic (exact) mass is 207 g/mol. The van der Waals surface area contributed by atoms with Crippen LogP contribution in [0.4, 0.5) is 0 Å². The van der Waals surface area contributed by atoms with Crippen LogP contribution in [0.1, 0.15) is 32.4 Å². The van der Waals surface area contributed by atoms with Crippen LogP contribution >= 0.6 is 0 Å². The Hall–Kier alpha value is -1.35. The van der Waals surface area contributed by atoms with E-state index < -0.39 is 0 Å². The molecule has 0 aliphatic heterocycles. The van der Waals surface area contributed by atoms with Gasteiger partial charge in [-0.3, -0.25) is 10.0 Å². The summed E-state index contributed by atoms with van der Waals surface area (Å²) < 4.78 is 0. The molecule has 0 fully saturated rings. The summed E-state index contributed by atoms with van der Waals surface area (Å²) >= 11 is 0. The molecule has 1 unspecified atom stereocenters. The fourth-order valence-electron chi connectivity index (χ4n) is 1.33. The molecule has 1 N–H and O–H groups in total. The number of nitrogens with zero attached hydrogens (tertiary/aromatic N) is 1. The van der Waals surface area contributed by atoms with E-state index in [1.165, 1.54) is 0 Å². The molecular formula is C12H17NO2. The van der Waals surface area contributed by atoms with Gasteiger partial charge in [0.15, 0.2) is 0 Å². The summed E-state index contributed by atoms with van der Waals surface area (Å²) in [4.78, 5) is 11.5. The zero-order valence-corrected chi connectivity index (χ0v) is 9.34. The van der Waals surface area contributed by atoms with E-state index in [1.54, 1.807) is 20.8 Å². The van der Waals surface area contributed by atoms with Gasteiger partial charge in [0.1, 0.15) is 0 Å². The van der Waals surface area contributed by atoms with Crippen LogP contribution in [0.15, 0.2) is 30.3 Å². The highest BCUT2D eigenvalue weighted by atomic mass is 16.5. The van der Waals surface area contributed by atoms with E-state index in [9.17, 15) is 10.0 Å². The minimum absolute atomic E-state index is 0.193. The highest BCUT2D eigenvalue weighted by molar-refractivity contribution is 5.77. The number of carbonyl (C=O) groups excluding carboxylic acids is 1. The van der Waals surface area contributed by atoms with Crippen LogP contribution in [0.3, 0.4) is 0 Å². The van der Waals surface area contributed by atoms with Crippen molar-refractivity contribution >= 4 is 5.91 Å². The van der Waals surface area contributed by atoms with Crippen LogP contribution < -0.4 is 0 Å². The van der Waals surface area contributed by atoms with Gasteiger partial charge < -0.3 is 0 Å². The van der Waals surface area contributed by atoms with E-state index in [1.807, 2.05) is 30.3 Å². The van der Waals surface area contributed by atoms with Gasteiger partial charge in [-0.15, -0.1) is 0 Å². The Kier molecular flexibility index (Phi) is 3.86. The summed E-state index contributed by atoms with van der Waals surface area (Å²) in [5.74, 6) is -0.451. The third-order valence-corrected chi connectivity index (χ3v) is 2.37. The minimum Gasteiger partial charge on any atom is -0.285 e. The number of hydroxylamine groups is 2. The van der Waals surface area contributed by atoms with Gasteiger partial charge in [0.25, 0.3) is 0 Å². The molecule has 0 saturated heterocycles. The third kappa shape index (κ3) is 2.80. The quantitative estimate of drug-likeness (QED) is 0.611. The van der Waals surface area contributed by atoms with Gasteiger partial charge in [-0.25, -0.2) is 5.06 Å². The third-order valence-electron chi connectivity index (χ3n) is 2.37. The summed E-state index contributed by atoms with van der Waals surface area (Å²) in [6.07, 6.45) is 0. The van der Waals surface area contributed by atoms with Gasteiger partial charge in [0.2, 0.25) is 5.91 Å². The first-order chi connectivity index (χ1) is 7.04. The van der Waals surface area contributed by atoms with Crippen molar-refractivity contribution in [1.82, 2.24) is 5.06 Å². The van der Waals surface area contributed by atoms with E-state index in [0.29, 0.717) is 0 Å². The number of hydrogen-bond acceptors (Lipinski definition) is 2. The molecule has 1 amide bonds. The number of amides is 1. The standard InChI is InChI=1S/C12H17NO2/c1-9(2)12(14)13(15)10(3)11-7-5-4-6-8-11/h4-10,15H,1-3H3. The predicted octanol–water partition coefficient (Wildman–Crippen LogP) is 2.62. The molecule has 1 rings (SSSR count). The van der Waals surface area contributed by atoms with Crippen LogP contribution in [-0.4, -0.2) is 16.2 Å². The molecule has 0 radical (unpaired) electrons. The van der Waals surface area contributed by atoms with Gasteiger partial charge in [-0.2, -0.15) is 0 Å². The molecule has 1 aromatic carbocycles. The molecule has 0 saturated carbocycles. The Morgan fingerprint density at radius 3 is 2.20 bits per heavy atom.